The molecule has 5 nitrogen and oxygen atoms in total. The lowest BCUT2D eigenvalue weighted by Gasteiger charge is -2.42. The molecule has 1 atom stereocenters. The fourth-order valence-electron chi connectivity index (χ4n) is 4.86. The summed E-state index contributed by atoms with van der Waals surface area (Å²) in [6.07, 6.45) is 5.67. The summed E-state index contributed by atoms with van der Waals surface area (Å²) in [5.74, 6) is 1.69. The molecule has 0 saturated carbocycles. The number of aryl methyl sites for hydroxylation is 1. The van der Waals surface area contributed by atoms with E-state index in [0.29, 0.717) is 12.4 Å². The second-order valence-corrected chi connectivity index (χ2v) is 8.05. The highest BCUT2D eigenvalue weighted by Crippen LogP contribution is 2.43. The van der Waals surface area contributed by atoms with Crippen LogP contribution in [-0.4, -0.2) is 34.6 Å². The van der Waals surface area contributed by atoms with Crippen molar-refractivity contribution in [1.29, 1.82) is 0 Å². The number of hydrogen-bond acceptors (Lipinski definition) is 5. The third kappa shape index (κ3) is 2.77. The Bertz CT molecular complexity index is 1220. The Morgan fingerprint density at radius 2 is 1.83 bits per heavy atom. The van der Waals surface area contributed by atoms with E-state index in [1.165, 1.54) is 11.1 Å². The molecule has 0 bridgehead atoms. The number of para-hydroxylation sites is 1. The van der Waals surface area contributed by atoms with Crippen LogP contribution in [0.1, 0.15) is 17.5 Å². The Kier molecular flexibility index (Phi) is 4.03. The summed E-state index contributed by atoms with van der Waals surface area (Å²) in [4.78, 5) is 16.5. The lowest BCUT2D eigenvalue weighted by Crippen LogP contribution is -2.49. The molecule has 6 rings (SSSR count). The van der Waals surface area contributed by atoms with Gasteiger partial charge in [0.1, 0.15) is 11.4 Å². The average molecular weight is 394 g/mol. The monoisotopic (exact) mass is 394 g/mol. The zero-order valence-corrected chi connectivity index (χ0v) is 16.7. The van der Waals surface area contributed by atoms with Gasteiger partial charge in [0.2, 0.25) is 0 Å². The van der Waals surface area contributed by atoms with Gasteiger partial charge in [0.25, 0.3) is 0 Å². The van der Waals surface area contributed by atoms with Crippen molar-refractivity contribution in [2.75, 3.05) is 24.6 Å². The number of benzene rings is 2. The minimum Gasteiger partial charge on any atom is -0.367 e. The predicted molar refractivity (Wildman–Crippen MR) is 117 cm³/mol. The summed E-state index contributed by atoms with van der Waals surface area (Å²) in [6.45, 7) is 2.31. The quantitative estimate of drug-likeness (QED) is 0.505. The van der Waals surface area contributed by atoms with Crippen LogP contribution < -0.4 is 4.90 Å². The molecule has 2 aromatic carbocycles. The number of fused-ring (bicyclic) bond motifs is 3. The lowest BCUT2D eigenvalue weighted by molar-refractivity contribution is -0.0593. The van der Waals surface area contributed by atoms with E-state index in [-0.39, 0.29) is 5.60 Å². The first-order valence-corrected chi connectivity index (χ1v) is 10.5. The van der Waals surface area contributed by atoms with Crippen molar-refractivity contribution >= 4 is 16.7 Å². The first-order valence-electron chi connectivity index (χ1n) is 10.5. The predicted octanol–water partition coefficient (Wildman–Crippen LogP) is 4.37. The lowest BCUT2D eigenvalue weighted by atomic mass is 9.93. The van der Waals surface area contributed by atoms with Crippen molar-refractivity contribution in [1.82, 2.24) is 15.0 Å². The minimum absolute atomic E-state index is 0.255. The number of pyridine rings is 1. The van der Waals surface area contributed by atoms with Crippen LogP contribution in [0.5, 0.6) is 0 Å². The Labute approximate surface area is 175 Å². The van der Waals surface area contributed by atoms with E-state index in [1.807, 2.05) is 24.4 Å². The van der Waals surface area contributed by atoms with E-state index in [1.54, 1.807) is 6.20 Å². The molecule has 2 aliphatic rings. The number of aromatic nitrogens is 3. The molecule has 30 heavy (non-hydrogen) atoms. The number of hydrogen-bond donors (Lipinski definition) is 0. The van der Waals surface area contributed by atoms with E-state index in [9.17, 15) is 0 Å². The van der Waals surface area contributed by atoms with Gasteiger partial charge in [-0.2, -0.15) is 0 Å². The van der Waals surface area contributed by atoms with Crippen LogP contribution in [0, 0.1) is 0 Å². The van der Waals surface area contributed by atoms with E-state index >= 15 is 0 Å². The average Bonchev–Trinajstić information content (AvgIpc) is 3.16. The van der Waals surface area contributed by atoms with Crippen LogP contribution in [0.15, 0.2) is 73.1 Å². The molecule has 1 fully saturated rings. The smallest absolute Gasteiger partial charge is 0.163 e. The fourth-order valence-corrected chi connectivity index (χ4v) is 4.86. The summed E-state index contributed by atoms with van der Waals surface area (Å²) in [5.41, 5.74) is 4.37. The van der Waals surface area contributed by atoms with Crippen LogP contribution in [0.2, 0.25) is 0 Å². The summed E-state index contributed by atoms with van der Waals surface area (Å²) >= 11 is 0. The first kappa shape index (κ1) is 17.5. The largest absolute Gasteiger partial charge is 0.367 e. The van der Waals surface area contributed by atoms with E-state index in [2.05, 4.69) is 52.3 Å². The maximum atomic E-state index is 6.44. The van der Waals surface area contributed by atoms with Crippen LogP contribution in [-0.2, 0) is 16.8 Å². The summed E-state index contributed by atoms with van der Waals surface area (Å²) in [7, 11) is 0. The van der Waals surface area contributed by atoms with Gasteiger partial charge in [-0.25, -0.2) is 9.97 Å². The van der Waals surface area contributed by atoms with E-state index in [0.717, 1.165) is 48.2 Å². The third-order valence-electron chi connectivity index (χ3n) is 6.29. The second kappa shape index (κ2) is 6.89. The molecule has 5 heteroatoms. The zero-order chi connectivity index (χ0) is 20.0. The van der Waals surface area contributed by atoms with Crippen molar-refractivity contribution in [3.8, 4) is 11.4 Å². The molecule has 1 aliphatic heterocycles. The molecule has 0 radical (unpaired) electrons. The molecule has 1 aliphatic carbocycles. The van der Waals surface area contributed by atoms with E-state index in [4.69, 9.17) is 14.7 Å². The molecule has 0 amide bonds. The zero-order valence-electron chi connectivity index (χ0n) is 16.7. The Morgan fingerprint density at radius 1 is 0.933 bits per heavy atom. The van der Waals surface area contributed by atoms with Gasteiger partial charge < -0.3 is 9.64 Å². The standard InChI is InChI=1S/C25H22N4O/c1-3-9-21-18(6-1)11-12-25(21)17-29(14-15-30-25)24-20-8-2-4-10-22(20)27-23(28-24)19-7-5-13-26-16-19/h1-10,13,16H,11-12,14-15,17H2. The minimum atomic E-state index is -0.255. The van der Waals surface area contributed by atoms with Gasteiger partial charge in [0.05, 0.1) is 18.7 Å². The SMILES string of the molecule is c1cncc(-c2nc(N3CCOC4(CCc5ccccc54)C3)c3ccccc3n2)c1. The van der Waals surface area contributed by atoms with E-state index < -0.39 is 0 Å². The highest BCUT2D eigenvalue weighted by Gasteiger charge is 2.43. The van der Waals surface area contributed by atoms with Gasteiger partial charge in [-0.05, 0) is 48.2 Å². The molecule has 148 valence electrons. The number of rotatable bonds is 2. The molecule has 1 unspecified atom stereocenters. The second-order valence-electron chi connectivity index (χ2n) is 8.05. The van der Waals surface area contributed by atoms with Crippen molar-refractivity contribution in [3.05, 3.63) is 84.2 Å². The maximum absolute atomic E-state index is 6.44. The van der Waals surface area contributed by atoms with Crippen LogP contribution in [0.4, 0.5) is 5.82 Å². The first-order chi connectivity index (χ1) is 14.8. The van der Waals surface area contributed by atoms with Crippen molar-refractivity contribution < 1.29 is 4.74 Å². The van der Waals surface area contributed by atoms with Gasteiger partial charge in [-0.15, -0.1) is 0 Å². The van der Waals surface area contributed by atoms with Gasteiger partial charge in [-0.3, -0.25) is 4.98 Å². The topological polar surface area (TPSA) is 51.1 Å². The van der Waals surface area contributed by atoms with Crippen molar-refractivity contribution in [2.45, 2.75) is 18.4 Å². The molecule has 0 N–H and O–H groups in total. The molecule has 4 aromatic rings. The number of anilines is 1. The third-order valence-corrected chi connectivity index (χ3v) is 6.29. The fraction of sp³-hybridized carbons (Fsp3) is 0.240. The number of ether oxygens (including phenoxy) is 1. The molecule has 1 saturated heterocycles. The van der Waals surface area contributed by atoms with Gasteiger partial charge in [0.15, 0.2) is 5.82 Å². The van der Waals surface area contributed by atoms with Crippen LogP contribution in [0.25, 0.3) is 22.3 Å². The summed E-state index contributed by atoms with van der Waals surface area (Å²) in [6, 6.07) is 20.9. The number of nitrogens with zero attached hydrogens (tertiary/aromatic N) is 4. The molecule has 3 heterocycles. The molecule has 1 spiro atoms. The van der Waals surface area contributed by atoms with Gasteiger partial charge in [-0.1, -0.05) is 36.4 Å². The number of morpholine rings is 1. The van der Waals surface area contributed by atoms with Crippen LogP contribution in [0.3, 0.4) is 0 Å². The van der Waals surface area contributed by atoms with Crippen molar-refractivity contribution in [2.24, 2.45) is 0 Å². The normalized spacial score (nSPS) is 20.6. The highest BCUT2D eigenvalue weighted by atomic mass is 16.5. The Morgan fingerprint density at radius 3 is 2.77 bits per heavy atom. The van der Waals surface area contributed by atoms with Gasteiger partial charge in [0, 0.05) is 29.9 Å². The molecular weight excluding hydrogens is 372 g/mol. The molecule has 2 aromatic heterocycles. The summed E-state index contributed by atoms with van der Waals surface area (Å²) < 4.78 is 6.44. The highest BCUT2D eigenvalue weighted by molar-refractivity contribution is 5.91. The van der Waals surface area contributed by atoms with Crippen molar-refractivity contribution in [3.63, 3.8) is 0 Å². The van der Waals surface area contributed by atoms with Gasteiger partial charge >= 0.3 is 0 Å². The summed E-state index contributed by atoms with van der Waals surface area (Å²) in [5, 5.41) is 1.08. The molecular formula is C25H22N4O. The maximum Gasteiger partial charge on any atom is 0.163 e. The Balaban J connectivity index is 1.47. The van der Waals surface area contributed by atoms with Crippen LogP contribution >= 0.6 is 0 Å². The Hall–Kier alpha value is -3.31.